The van der Waals surface area contributed by atoms with Gasteiger partial charge in [0.1, 0.15) is 5.82 Å². The van der Waals surface area contributed by atoms with E-state index < -0.39 is 0 Å². The van der Waals surface area contributed by atoms with Crippen molar-refractivity contribution in [3.8, 4) is 0 Å². The van der Waals surface area contributed by atoms with E-state index in [1.165, 1.54) is 0 Å². The fourth-order valence-electron chi connectivity index (χ4n) is 1.99. The maximum Gasteiger partial charge on any atom is 0.258 e. The molecule has 0 saturated carbocycles. The third-order valence-electron chi connectivity index (χ3n) is 3.12. The third kappa shape index (κ3) is 2.42. The molecule has 4 nitrogen and oxygen atoms in total. The van der Waals surface area contributed by atoms with Crippen LogP contribution in [0.4, 0.5) is 0 Å². The number of aromatic amines is 1. The first-order valence-electron chi connectivity index (χ1n) is 6.09. The number of nitrogens with one attached hydrogen (secondary N) is 2. The molecule has 1 aromatic heterocycles. The quantitative estimate of drug-likeness (QED) is 0.873. The molecule has 5 heteroatoms. The Morgan fingerprint density at radius 2 is 2.17 bits per heavy atom. The summed E-state index contributed by atoms with van der Waals surface area (Å²) in [6.07, 6.45) is 0. The number of benzene rings is 1. The highest BCUT2D eigenvalue weighted by Gasteiger charge is 2.16. The van der Waals surface area contributed by atoms with Gasteiger partial charge in [-0.25, -0.2) is 4.98 Å². The van der Waals surface area contributed by atoms with Crippen LogP contribution in [0, 0.1) is 5.92 Å². The van der Waals surface area contributed by atoms with E-state index in [9.17, 15) is 4.79 Å². The van der Waals surface area contributed by atoms with Crippen LogP contribution in [0.15, 0.2) is 29.1 Å². The molecule has 0 amide bonds. The summed E-state index contributed by atoms with van der Waals surface area (Å²) >= 11 is 1.83. The standard InChI is InChI=1S/C13H15N3OS/c17-13-10-3-1-2-4-11(10)15-12(16-13)8-18-7-9-5-14-6-9/h1-4,9,14H,5-8H2,(H,15,16,17). The number of nitrogens with zero attached hydrogens (tertiary/aromatic N) is 1. The molecule has 0 aliphatic carbocycles. The number of fused-ring (bicyclic) bond motifs is 1. The Morgan fingerprint density at radius 1 is 1.33 bits per heavy atom. The van der Waals surface area contributed by atoms with E-state index in [0.29, 0.717) is 5.39 Å². The second-order valence-corrected chi connectivity index (χ2v) is 5.60. The maximum absolute atomic E-state index is 11.8. The lowest BCUT2D eigenvalue weighted by molar-refractivity contribution is 0.385. The number of hydrogen-bond donors (Lipinski definition) is 2. The van der Waals surface area contributed by atoms with E-state index in [2.05, 4.69) is 15.3 Å². The second-order valence-electron chi connectivity index (χ2n) is 4.57. The molecule has 1 aliphatic heterocycles. The number of hydrogen-bond acceptors (Lipinski definition) is 4. The molecule has 1 fully saturated rings. The number of aromatic nitrogens is 2. The molecule has 0 atom stereocenters. The summed E-state index contributed by atoms with van der Waals surface area (Å²) < 4.78 is 0. The lowest BCUT2D eigenvalue weighted by atomic mass is 10.1. The van der Waals surface area contributed by atoms with E-state index in [1.807, 2.05) is 30.0 Å². The molecule has 2 heterocycles. The van der Waals surface area contributed by atoms with Crippen molar-refractivity contribution in [1.82, 2.24) is 15.3 Å². The van der Waals surface area contributed by atoms with E-state index in [4.69, 9.17) is 0 Å². The van der Waals surface area contributed by atoms with Crippen LogP contribution in [0.2, 0.25) is 0 Å². The van der Waals surface area contributed by atoms with Crippen LogP contribution in [0.25, 0.3) is 10.9 Å². The minimum absolute atomic E-state index is 0.0403. The number of H-pyrrole nitrogens is 1. The Balaban J connectivity index is 1.73. The highest BCUT2D eigenvalue weighted by Crippen LogP contribution is 2.16. The zero-order valence-corrected chi connectivity index (χ0v) is 10.8. The van der Waals surface area contributed by atoms with Crippen LogP contribution in [0.1, 0.15) is 5.82 Å². The Bertz CT molecular complexity index is 606. The number of para-hydroxylation sites is 1. The van der Waals surface area contributed by atoms with Gasteiger partial charge in [0.05, 0.1) is 16.7 Å². The summed E-state index contributed by atoms with van der Waals surface area (Å²) in [6, 6.07) is 7.45. The van der Waals surface area contributed by atoms with Crippen LogP contribution >= 0.6 is 11.8 Å². The summed E-state index contributed by atoms with van der Waals surface area (Å²) in [5, 5.41) is 3.92. The second kappa shape index (κ2) is 5.12. The zero-order valence-electron chi connectivity index (χ0n) is 9.98. The monoisotopic (exact) mass is 261 g/mol. The topological polar surface area (TPSA) is 57.8 Å². The lowest BCUT2D eigenvalue weighted by Gasteiger charge is -2.26. The molecule has 0 spiro atoms. The lowest BCUT2D eigenvalue weighted by Crippen LogP contribution is -2.43. The van der Waals surface area contributed by atoms with Crippen molar-refractivity contribution in [2.24, 2.45) is 5.92 Å². The fourth-order valence-corrected chi connectivity index (χ4v) is 3.01. The molecule has 94 valence electrons. The molecule has 3 rings (SSSR count). The molecular weight excluding hydrogens is 246 g/mol. The predicted molar refractivity (Wildman–Crippen MR) is 74.9 cm³/mol. The van der Waals surface area contributed by atoms with E-state index in [0.717, 1.165) is 41.9 Å². The van der Waals surface area contributed by atoms with Crippen LogP contribution < -0.4 is 10.9 Å². The smallest absolute Gasteiger partial charge is 0.258 e. The van der Waals surface area contributed by atoms with Gasteiger partial charge in [-0.15, -0.1) is 0 Å². The maximum atomic E-state index is 11.8. The van der Waals surface area contributed by atoms with Crippen molar-refractivity contribution < 1.29 is 0 Å². The predicted octanol–water partition coefficient (Wildman–Crippen LogP) is 1.38. The van der Waals surface area contributed by atoms with Gasteiger partial charge in [0.15, 0.2) is 0 Å². The summed E-state index contributed by atoms with van der Waals surface area (Å²) in [7, 11) is 0. The number of rotatable bonds is 4. The first-order chi connectivity index (χ1) is 8.83. The normalized spacial score (nSPS) is 15.8. The van der Waals surface area contributed by atoms with Gasteiger partial charge in [0.25, 0.3) is 5.56 Å². The van der Waals surface area contributed by atoms with E-state index >= 15 is 0 Å². The van der Waals surface area contributed by atoms with E-state index in [-0.39, 0.29) is 5.56 Å². The average molecular weight is 261 g/mol. The summed E-state index contributed by atoms with van der Waals surface area (Å²) in [5.41, 5.74) is 0.740. The van der Waals surface area contributed by atoms with Crippen molar-refractivity contribution in [2.45, 2.75) is 5.75 Å². The number of thioether (sulfide) groups is 1. The zero-order chi connectivity index (χ0) is 12.4. The minimum Gasteiger partial charge on any atom is -0.316 e. The Labute approximate surface area is 109 Å². The SMILES string of the molecule is O=c1[nH]c(CSCC2CNC2)nc2ccccc12. The molecule has 0 radical (unpaired) electrons. The average Bonchev–Trinajstić information content (AvgIpc) is 2.32. The Hall–Kier alpha value is -1.33. The van der Waals surface area contributed by atoms with E-state index in [1.54, 1.807) is 6.07 Å². The molecule has 18 heavy (non-hydrogen) atoms. The molecule has 1 saturated heterocycles. The van der Waals surface area contributed by atoms with Crippen molar-refractivity contribution in [2.75, 3.05) is 18.8 Å². The Morgan fingerprint density at radius 3 is 2.94 bits per heavy atom. The molecule has 2 aromatic rings. The van der Waals surface area contributed by atoms with Crippen LogP contribution in [-0.2, 0) is 5.75 Å². The van der Waals surface area contributed by atoms with Gasteiger partial charge in [-0.1, -0.05) is 12.1 Å². The molecule has 0 bridgehead atoms. The summed E-state index contributed by atoms with van der Waals surface area (Å²) in [6.45, 7) is 2.24. The summed E-state index contributed by atoms with van der Waals surface area (Å²) in [5.74, 6) is 3.46. The first kappa shape index (κ1) is 11.7. The van der Waals surface area contributed by atoms with Gasteiger partial charge < -0.3 is 10.3 Å². The minimum atomic E-state index is -0.0403. The van der Waals surface area contributed by atoms with Gasteiger partial charge in [0, 0.05) is 0 Å². The summed E-state index contributed by atoms with van der Waals surface area (Å²) in [4.78, 5) is 19.2. The van der Waals surface area contributed by atoms with Crippen LogP contribution in [0.3, 0.4) is 0 Å². The highest BCUT2D eigenvalue weighted by atomic mass is 32.2. The van der Waals surface area contributed by atoms with Crippen LogP contribution in [0.5, 0.6) is 0 Å². The Kier molecular flexibility index (Phi) is 3.34. The highest BCUT2D eigenvalue weighted by molar-refractivity contribution is 7.98. The van der Waals surface area contributed by atoms with Crippen molar-refractivity contribution in [1.29, 1.82) is 0 Å². The fraction of sp³-hybridized carbons (Fsp3) is 0.385. The largest absolute Gasteiger partial charge is 0.316 e. The van der Waals surface area contributed by atoms with Gasteiger partial charge in [-0.3, -0.25) is 4.79 Å². The van der Waals surface area contributed by atoms with Gasteiger partial charge in [0.2, 0.25) is 0 Å². The molecule has 2 N–H and O–H groups in total. The molecule has 0 unspecified atom stereocenters. The van der Waals surface area contributed by atoms with Crippen molar-refractivity contribution >= 4 is 22.7 Å². The third-order valence-corrected chi connectivity index (χ3v) is 4.30. The van der Waals surface area contributed by atoms with Crippen molar-refractivity contribution in [3.05, 3.63) is 40.4 Å². The van der Waals surface area contributed by atoms with Gasteiger partial charge in [-0.05, 0) is 36.9 Å². The van der Waals surface area contributed by atoms with Gasteiger partial charge in [-0.2, -0.15) is 11.8 Å². The molecular formula is C13H15N3OS. The van der Waals surface area contributed by atoms with Gasteiger partial charge >= 0.3 is 0 Å². The first-order valence-corrected chi connectivity index (χ1v) is 7.25. The molecule has 1 aliphatic rings. The van der Waals surface area contributed by atoms with Crippen LogP contribution in [-0.4, -0.2) is 28.8 Å². The molecule has 1 aromatic carbocycles. The van der Waals surface area contributed by atoms with Crippen molar-refractivity contribution in [3.63, 3.8) is 0 Å².